The van der Waals surface area contributed by atoms with Crippen LogP contribution in [-0.4, -0.2) is 44.9 Å². The first-order valence-corrected chi connectivity index (χ1v) is 47.3. The van der Waals surface area contributed by atoms with Crippen molar-refractivity contribution in [2.24, 2.45) is 0 Å². The molecular formula is C131H81N9. The van der Waals surface area contributed by atoms with E-state index in [1.54, 1.807) is 0 Å². The first kappa shape index (κ1) is 81.9. The summed E-state index contributed by atoms with van der Waals surface area (Å²) in [5, 5.41) is 34.6. The zero-order valence-electron chi connectivity index (χ0n) is 75.8. The van der Waals surface area contributed by atoms with Crippen molar-refractivity contribution < 1.29 is 0 Å². The molecule has 9 nitrogen and oxygen atoms in total. The minimum absolute atomic E-state index is 0.650. The van der Waals surface area contributed by atoms with Crippen LogP contribution in [0.3, 0.4) is 0 Å². The molecule has 0 saturated heterocycles. The largest absolute Gasteiger partial charge is 0.208 e. The molecule has 3 heterocycles. The monoisotopic (exact) mass is 1780 g/mol. The maximum absolute atomic E-state index is 5.16. The Hall–Kier alpha value is -18.8. The van der Waals surface area contributed by atoms with Gasteiger partial charge in [-0.25, -0.2) is 44.9 Å². The minimum atomic E-state index is 0.650. The van der Waals surface area contributed by atoms with E-state index in [-0.39, 0.29) is 0 Å². The molecule has 28 rings (SSSR count). The molecular weight excluding hydrogens is 1700 g/mol. The van der Waals surface area contributed by atoms with E-state index in [9.17, 15) is 0 Å². The zero-order chi connectivity index (χ0) is 92.5. The van der Waals surface area contributed by atoms with Gasteiger partial charge in [-0.1, -0.05) is 443 Å². The summed E-state index contributed by atoms with van der Waals surface area (Å²) in [5.41, 5.74) is 13.2. The van der Waals surface area contributed by atoms with Gasteiger partial charge in [-0.3, -0.25) is 0 Å². The second-order valence-electron chi connectivity index (χ2n) is 35.8. The smallest absolute Gasteiger partial charge is 0.164 e. The standard InChI is InChI=1S/C49H29N3.C43H27N3.C39H25N3/c1-2-10-33-27-36(14-13-30(33)7-1)47-50-48(37-19-21-41-34(28-37)17-25-43-39-11-5-3-8-31(39)15-23-45(41)43)52-49(51-47)38-20-22-42-35(29-38)18-26-44-40-12-6-4-9-32(40)16-24-46(42)44;1-2-11-30(12-3-1)41-44-42(46-43(45-41)36-18-17-28-9-4-5-13-31(28)26-36)35-15-8-14-32(27-35)33-20-22-38-34(25-33)21-24-39-37-16-7-6-10-29(37)19-23-40(38)39;1-3-11-27(12-4-1)37-40-38(28-13-5-2-6-14-28)42-39(41-37)32-16-9-15-29(25-32)30-19-21-34-31(24-30)20-23-35-33-17-8-7-10-26(33)18-22-36(34)35/h1-29H;1-27H;1-25H. The Morgan fingerprint density at radius 3 is 0.514 bits per heavy atom. The van der Waals surface area contributed by atoms with Crippen molar-refractivity contribution in [3.8, 4) is 125 Å². The average molecular weight is 1780 g/mol. The lowest BCUT2D eigenvalue weighted by Crippen LogP contribution is -2.00. The topological polar surface area (TPSA) is 116 Å². The molecule has 0 saturated carbocycles. The van der Waals surface area contributed by atoms with Crippen LogP contribution in [0.15, 0.2) is 491 Å². The highest BCUT2D eigenvalue weighted by atomic mass is 15.1. The van der Waals surface area contributed by atoms with E-state index in [4.69, 9.17) is 44.9 Å². The molecule has 0 aliphatic heterocycles. The maximum atomic E-state index is 5.16. The van der Waals surface area contributed by atoms with Crippen LogP contribution in [0.5, 0.6) is 0 Å². The van der Waals surface area contributed by atoms with Crippen LogP contribution in [0.1, 0.15) is 0 Å². The molecule has 0 fully saturated rings. The molecule has 0 unspecified atom stereocenters. The number of benzene rings is 25. The summed E-state index contributed by atoms with van der Waals surface area (Å²) >= 11 is 0. The molecule has 3 aromatic heterocycles. The SMILES string of the molecule is c1ccc(-c2nc(-c3cccc(-c4ccc5c(ccc6c7ccccc7ccc56)c4)c3)nc(-c3ccc4ccccc4c3)n2)cc1.c1ccc(-c2nc(-c3ccccc3)nc(-c3cccc(-c4ccc5c(ccc6c7ccccc7ccc56)c4)c3)n2)cc1.c1ccc2cc(-c3nc(-c4ccc5c(ccc6c7ccccc7ccc56)c4)nc(-c4ccc5c(ccc6c7ccccc7ccc56)c4)n3)ccc2c1. The number of rotatable bonds is 11. The molecule has 650 valence electrons. The van der Waals surface area contributed by atoms with Crippen molar-refractivity contribution >= 4 is 151 Å². The summed E-state index contributed by atoms with van der Waals surface area (Å²) in [6, 6.07) is 174. The Morgan fingerprint density at radius 1 is 0.0786 bits per heavy atom. The fourth-order valence-electron chi connectivity index (χ4n) is 20.3. The molecule has 0 bridgehead atoms. The van der Waals surface area contributed by atoms with Gasteiger partial charge in [-0.15, -0.1) is 0 Å². The van der Waals surface area contributed by atoms with E-state index in [0.29, 0.717) is 52.4 Å². The summed E-state index contributed by atoms with van der Waals surface area (Å²) < 4.78 is 0. The number of aromatic nitrogens is 9. The third kappa shape index (κ3) is 15.4. The Morgan fingerprint density at radius 2 is 0.236 bits per heavy atom. The van der Waals surface area contributed by atoms with Gasteiger partial charge in [0.2, 0.25) is 0 Å². The van der Waals surface area contributed by atoms with Gasteiger partial charge >= 0.3 is 0 Å². The van der Waals surface area contributed by atoms with Crippen LogP contribution in [0, 0.1) is 0 Å². The summed E-state index contributed by atoms with van der Waals surface area (Å²) in [7, 11) is 0. The molecule has 25 aromatic carbocycles. The van der Waals surface area contributed by atoms with Crippen molar-refractivity contribution in [3.63, 3.8) is 0 Å². The van der Waals surface area contributed by atoms with Gasteiger partial charge in [0.25, 0.3) is 0 Å². The molecule has 28 aromatic rings. The van der Waals surface area contributed by atoms with Gasteiger partial charge in [-0.2, -0.15) is 0 Å². The third-order valence-electron chi connectivity index (χ3n) is 27.4. The molecule has 0 aliphatic carbocycles. The maximum Gasteiger partial charge on any atom is 0.164 e. The zero-order valence-corrected chi connectivity index (χ0v) is 75.8. The minimum Gasteiger partial charge on any atom is -0.208 e. The molecule has 0 amide bonds. The lowest BCUT2D eigenvalue weighted by molar-refractivity contribution is 1.07. The molecule has 0 radical (unpaired) electrons. The highest BCUT2D eigenvalue weighted by molar-refractivity contribution is 6.22. The molecule has 140 heavy (non-hydrogen) atoms. The number of hydrogen-bond acceptors (Lipinski definition) is 9. The average Bonchev–Trinajstić information content (AvgIpc) is 0.746. The fraction of sp³-hybridized carbons (Fsp3) is 0. The van der Waals surface area contributed by atoms with Crippen LogP contribution in [0.4, 0.5) is 0 Å². The Kier molecular flexibility index (Phi) is 20.4. The normalized spacial score (nSPS) is 11.6. The summed E-state index contributed by atoms with van der Waals surface area (Å²) in [4.78, 5) is 45.0. The number of hydrogen-bond donors (Lipinski definition) is 0. The second-order valence-corrected chi connectivity index (χ2v) is 35.8. The fourth-order valence-corrected chi connectivity index (χ4v) is 20.3. The van der Waals surface area contributed by atoms with Crippen LogP contribution in [0.25, 0.3) is 276 Å². The first-order chi connectivity index (χ1) is 69.3. The van der Waals surface area contributed by atoms with Gasteiger partial charge in [0.1, 0.15) is 0 Å². The van der Waals surface area contributed by atoms with Crippen molar-refractivity contribution in [1.82, 2.24) is 44.9 Å². The van der Waals surface area contributed by atoms with Gasteiger partial charge < -0.3 is 0 Å². The number of fused-ring (bicyclic) bond motifs is 22. The Bertz CT molecular complexity index is 9620. The predicted octanol–water partition coefficient (Wildman–Crippen LogP) is 34.1. The Labute approximate surface area is 806 Å². The third-order valence-corrected chi connectivity index (χ3v) is 27.4. The van der Waals surface area contributed by atoms with Crippen LogP contribution < -0.4 is 0 Å². The highest BCUT2D eigenvalue weighted by Gasteiger charge is 2.21. The predicted molar refractivity (Wildman–Crippen MR) is 584 cm³/mol. The van der Waals surface area contributed by atoms with Crippen molar-refractivity contribution in [2.75, 3.05) is 0 Å². The van der Waals surface area contributed by atoms with Crippen LogP contribution in [-0.2, 0) is 0 Å². The van der Waals surface area contributed by atoms with Gasteiger partial charge in [0.05, 0.1) is 0 Å². The van der Waals surface area contributed by atoms with E-state index < -0.39 is 0 Å². The quantitative estimate of drug-likeness (QED) is 0.117. The molecule has 0 atom stereocenters. The lowest BCUT2D eigenvalue weighted by atomic mass is 9.94. The molecule has 0 aliphatic rings. The van der Waals surface area contributed by atoms with Crippen LogP contribution in [0.2, 0.25) is 0 Å². The van der Waals surface area contributed by atoms with Gasteiger partial charge in [-0.05, 0) is 222 Å². The van der Waals surface area contributed by atoms with E-state index >= 15 is 0 Å². The number of nitrogens with zero attached hydrogens (tertiary/aromatic N) is 9. The Balaban J connectivity index is 0.000000109. The molecule has 0 N–H and O–H groups in total. The lowest BCUT2D eigenvalue weighted by Gasteiger charge is -2.12. The molecule has 0 spiro atoms. The van der Waals surface area contributed by atoms with Crippen molar-refractivity contribution in [2.45, 2.75) is 0 Å². The van der Waals surface area contributed by atoms with Gasteiger partial charge in [0.15, 0.2) is 52.4 Å². The summed E-state index contributed by atoms with van der Waals surface area (Å²) in [5.74, 6) is 5.90. The van der Waals surface area contributed by atoms with E-state index in [1.807, 2.05) is 91.0 Å². The van der Waals surface area contributed by atoms with E-state index in [1.165, 1.54) is 129 Å². The summed E-state index contributed by atoms with van der Waals surface area (Å²) in [6.45, 7) is 0. The molecule has 9 heteroatoms. The highest BCUT2D eigenvalue weighted by Crippen LogP contribution is 2.43. The first-order valence-electron chi connectivity index (χ1n) is 47.3. The van der Waals surface area contributed by atoms with Crippen LogP contribution >= 0.6 is 0 Å². The van der Waals surface area contributed by atoms with E-state index in [0.717, 1.165) is 93.9 Å². The van der Waals surface area contributed by atoms with Crippen molar-refractivity contribution in [3.05, 3.63) is 491 Å². The van der Waals surface area contributed by atoms with Gasteiger partial charge in [0, 0.05) is 50.1 Å². The van der Waals surface area contributed by atoms with Crippen molar-refractivity contribution in [1.29, 1.82) is 0 Å². The summed E-state index contributed by atoms with van der Waals surface area (Å²) in [6.07, 6.45) is 0. The second kappa shape index (κ2) is 34.9. The van der Waals surface area contributed by atoms with E-state index in [2.05, 4.69) is 400 Å².